The molecule has 0 bridgehead atoms. The van der Waals surface area contributed by atoms with Gasteiger partial charge in [-0.3, -0.25) is 9.78 Å². The van der Waals surface area contributed by atoms with Gasteiger partial charge in [0.15, 0.2) is 0 Å². The normalized spacial score (nSPS) is 10.3. The van der Waals surface area contributed by atoms with E-state index in [1.807, 2.05) is 48.5 Å². The van der Waals surface area contributed by atoms with Crippen LogP contribution in [0.5, 0.6) is 0 Å². The van der Waals surface area contributed by atoms with Gasteiger partial charge in [0.05, 0.1) is 5.52 Å². The van der Waals surface area contributed by atoms with Crippen LogP contribution in [0, 0.1) is 0 Å². The summed E-state index contributed by atoms with van der Waals surface area (Å²) < 4.78 is 0. The summed E-state index contributed by atoms with van der Waals surface area (Å²) in [5.41, 5.74) is 3.86. The molecule has 2 aromatic carbocycles. The van der Waals surface area contributed by atoms with E-state index in [1.54, 1.807) is 6.20 Å². The van der Waals surface area contributed by atoms with E-state index in [4.69, 9.17) is 0 Å². The highest BCUT2D eigenvalue weighted by Crippen LogP contribution is 2.25. The molecule has 0 spiro atoms. The Bertz CT molecular complexity index is 824. The Labute approximate surface area is 123 Å². The first kappa shape index (κ1) is 13.1. The lowest BCUT2D eigenvalue weighted by atomic mass is 10.0. The third kappa shape index (κ3) is 2.82. The van der Waals surface area contributed by atoms with Crippen molar-refractivity contribution in [3.05, 3.63) is 73.4 Å². The Morgan fingerprint density at radius 2 is 1.90 bits per heavy atom. The molecule has 0 aliphatic rings. The molecule has 0 fully saturated rings. The molecule has 0 radical (unpaired) electrons. The average molecular weight is 274 g/mol. The lowest BCUT2D eigenvalue weighted by Gasteiger charge is -2.07. The Kier molecular flexibility index (Phi) is 3.48. The van der Waals surface area contributed by atoms with Crippen LogP contribution in [0.15, 0.2) is 73.4 Å². The summed E-state index contributed by atoms with van der Waals surface area (Å²) in [6.45, 7) is 3.45. The number of carbonyl (C=O) groups excluding carboxylic acids is 1. The largest absolute Gasteiger partial charge is 0.323 e. The zero-order valence-electron chi connectivity index (χ0n) is 11.4. The zero-order chi connectivity index (χ0) is 14.7. The molecule has 0 saturated heterocycles. The SMILES string of the molecule is C=CC(=O)Nc1cccc(-c2ccc3ncccc3c2)c1. The van der Waals surface area contributed by atoms with Crippen LogP contribution in [0.4, 0.5) is 5.69 Å². The van der Waals surface area contributed by atoms with E-state index in [9.17, 15) is 4.79 Å². The molecule has 0 atom stereocenters. The lowest BCUT2D eigenvalue weighted by Crippen LogP contribution is -2.06. The molecular weight excluding hydrogens is 260 g/mol. The second kappa shape index (κ2) is 5.59. The topological polar surface area (TPSA) is 42.0 Å². The van der Waals surface area contributed by atoms with Gasteiger partial charge in [-0.25, -0.2) is 0 Å². The third-order valence-corrected chi connectivity index (χ3v) is 3.25. The van der Waals surface area contributed by atoms with Gasteiger partial charge in [0, 0.05) is 17.3 Å². The molecule has 3 rings (SSSR count). The van der Waals surface area contributed by atoms with Crippen molar-refractivity contribution in [1.82, 2.24) is 4.98 Å². The second-order valence-corrected chi connectivity index (χ2v) is 4.69. The summed E-state index contributed by atoms with van der Waals surface area (Å²) in [4.78, 5) is 15.7. The minimum atomic E-state index is -0.213. The van der Waals surface area contributed by atoms with Crippen LogP contribution >= 0.6 is 0 Å². The van der Waals surface area contributed by atoms with Gasteiger partial charge >= 0.3 is 0 Å². The molecule has 3 heteroatoms. The van der Waals surface area contributed by atoms with Crippen molar-refractivity contribution in [1.29, 1.82) is 0 Å². The number of benzene rings is 2. The Balaban J connectivity index is 1.99. The maximum absolute atomic E-state index is 11.4. The fraction of sp³-hybridized carbons (Fsp3) is 0. The second-order valence-electron chi connectivity index (χ2n) is 4.69. The van der Waals surface area contributed by atoms with Gasteiger partial charge in [0.1, 0.15) is 0 Å². The quantitative estimate of drug-likeness (QED) is 0.733. The van der Waals surface area contributed by atoms with Crippen LogP contribution < -0.4 is 5.32 Å². The molecule has 102 valence electrons. The zero-order valence-corrected chi connectivity index (χ0v) is 11.4. The predicted molar refractivity (Wildman–Crippen MR) is 86.0 cm³/mol. The van der Waals surface area contributed by atoms with Gasteiger partial charge in [0.2, 0.25) is 5.91 Å². The summed E-state index contributed by atoms with van der Waals surface area (Å²) >= 11 is 0. The van der Waals surface area contributed by atoms with Crippen LogP contribution in [-0.2, 0) is 4.79 Å². The number of hydrogen-bond donors (Lipinski definition) is 1. The summed E-state index contributed by atoms with van der Waals surface area (Å²) in [7, 11) is 0. The summed E-state index contributed by atoms with van der Waals surface area (Å²) in [6, 6.07) is 17.8. The number of anilines is 1. The first-order chi connectivity index (χ1) is 10.3. The minimum absolute atomic E-state index is 0.213. The molecule has 1 aromatic heterocycles. The standard InChI is InChI=1S/C18H14N2O/c1-2-18(21)20-16-7-3-5-13(12-16)14-8-9-17-15(11-14)6-4-10-19-17/h2-12H,1H2,(H,20,21). The molecule has 0 aliphatic heterocycles. The molecule has 3 nitrogen and oxygen atoms in total. The first-order valence-corrected chi connectivity index (χ1v) is 6.65. The molecule has 1 amide bonds. The Morgan fingerprint density at radius 1 is 1.05 bits per heavy atom. The predicted octanol–water partition coefficient (Wildman–Crippen LogP) is 4.03. The van der Waals surface area contributed by atoms with Crippen LogP contribution in [0.3, 0.4) is 0 Å². The molecule has 0 saturated carbocycles. The van der Waals surface area contributed by atoms with Crippen molar-refractivity contribution in [2.75, 3.05) is 5.32 Å². The van der Waals surface area contributed by atoms with Crippen molar-refractivity contribution in [3.8, 4) is 11.1 Å². The van der Waals surface area contributed by atoms with Crippen molar-refractivity contribution < 1.29 is 4.79 Å². The summed E-state index contributed by atoms with van der Waals surface area (Å²) in [5.74, 6) is -0.213. The average Bonchev–Trinajstić information content (AvgIpc) is 2.54. The van der Waals surface area contributed by atoms with Crippen molar-refractivity contribution in [3.63, 3.8) is 0 Å². The number of aromatic nitrogens is 1. The van der Waals surface area contributed by atoms with Gasteiger partial charge in [-0.2, -0.15) is 0 Å². The van der Waals surface area contributed by atoms with Gasteiger partial charge in [-0.15, -0.1) is 0 Å². The number of pyridine rings is 1. The fourth-order valence-corrected chi connectivity index (χ4v) is 2.22. The number of rotatable bonds is 3. The lowest BCUT2D eigenvalue weighted by molar-refractivity contribution is -0.111. The third-order valence-electron chi connectivity index (χ3n) is 3.25. The summed E-state index contributed by atoms with van der Waals surface area (Å²) in [5, 5.41) is 3.86. The molecule has 0 aliphatic carbocycles. The monoisotopic (exact) mass is 274 g/mol. The van der Waals surface area contributed by atoms with E-state index in [2.05, 4.69) is 22.9 Å². The maximum Gasteiger partial charge on any atom is 0.247 e. The number of amides is 1. The highest BCUT2D eigenvalue weighted by atomic mass is 16.1. The van der Waals surface area contributed by atoms with Crippen LogP contribution in [0.2, 0.25) is 0 Å². The van der Waals surface area contributed by atoms with Crippen molar-refractivity contribution >= 4 is 22.5 Å². The van der Waals surface area contributed by atoms with Crippen molar-refractivity contribution in [2.24, 2.45) is 0 Å². The Morgan fingerprint density at radius 3 is 2.76 bits per heavy atom. The van der Waals surface area contributed by atoms with E-state index >= 15 is 0 Å². The molecular formula is C18H14N2O. The number of nitrogens with zero attached hydrogens (tertiary/aromatic N) is 1. The van der Waals surface area contributed by atoms with E-state index in [-0.39, 0.29) is 5.91 Å². The smallest absolute Gasteiger partial charge is 0.247 e. The van der Waals surface area contributed by atoms with Crippen molar-refractivity contribution in [2.45, 2.75) is 0 Å². The highest BCUT2D eigenvalue weighted by Gasteiger charge is 2.03. The number of fused-ring (bicyclic) bond motifs is 1. The van der Waals surface area contributed by atoms with Crippen LogP contribution in [0.25, 0.3) is 22.0 Å². The van der Waals surface area contributed by atoms with Gasteiger partial charge in [-0.05, 0) is 47.5 Å². The van der Waals surface area contributed by atoms with E-state index in [0.29, 0.717) is 0 Å². The van der Waals surface area contributed by atoms with Crippen LogP contribution in [0.1, 0.15) is 0 Å². The minimum Gasteiger partial charge on any atom is -0.323 e. The van der Waals surface area contributed by atoms with Gasteiger partial charge in [-0.1, -0.05) is 30.8 Å². The fourth-order valence-electron chi connectivity index (χ4n) is 2.22. The van der Waals surface area contributed by atoms with E-state index in [0.717, 1.165) is 27.7 Å². The summed E-state index contributed by atoms with van der Waals surface area (Å²) in [6.07, 6.45) is 3.04. The molecule has 1 heterocycles. The molecule has 21 heavy (non-hydrogen) atoms. The molecule has 1 N–H and O–H groups in total. The number of hydrogen-bond acceptors (Lipinski definition) is 2. The Hall–Kier alpha value is -2.94. The van der Waals surface area contributed by atoms with E-state index < -0.39 is 0 Å². The molecule has 0 unspecified atom stereocenters. The number of nitrogens with one attached hydrogen (secondary N) is 1. The molecule has 3 aromatic rings. The maximum atomic E-state index is 11.4. The highest BCUT2D eigenvalue weighted by molar-refractivity contribution is 5.99. The van der Waals surface area contributed by atoms with Gasteiger partial charge in [0.25, 0.3) is 0 Å². The number of carbonyl (C=O) groups is 1. The first-order valence-electron chi connectivity index (χ1n) is 6.65. The van der Waals surface area contributed by atoms with E-state index in [1.165, 1.54) is 6.08 Å². The van der Waals surface area contributed by atoms with Crippen LogP contribution in [-0.4, -0.2) is 10.9 Å². The van der Waals surface area contributed by atoms with Gasteiger partial charge < -0.3 is 5.32 Å².